The van der Waals surface area contributed by atoms with Crippen LogP contribution in [0, 0.1) is 0 Å². The van der Waals surface area contributed by atoms with Crippen molar-refractivity contribution in [3.63, 3.8) is 0 Å². The Kier molecular flexibility index (Phi) is 5.27. The van der Waals surface area contributed by atoms with Gasteiger partial charge in [-0.25, -0.2) is 0 Å². The fourth-order valence-electron chi connectivity index (χ4n) is 0.630. The molecular formula is C7H9NaOS. The molecule has 0 bridgehead atoms. The second-order valence-corrected chi connectivity index (χ2v) is 2.15. The van der Waals surface area contributed by atoms with Crippen LogP contribution in [0.15, 0.2) is 29.2 Å². The number of ether oxygens (including phenoxy) is 1. The van der Waals surface area contributed by atoms with Gasteiger partial charge in [0.25, 0.3) is 0 Å². The van der Waals surface area contributed by atoms with Gasteiger partial charge in [0.05, 0.1) is 7.11 Å². The quantitative estimate of drug-likeness (QED) is 0.486. The third-order valence-electron chi connectivity index (χ3n) is 1.09. The summed E-state index contributed by atoms with van der Waals surface area (Å²) < 4.78 is 4.97. The third-order valence-corrected chi connectivity index (χ3v) is 1.45. The molecule has 0 amide bonds. The molecule has 1 aromatic rings. The normalized spacial score (nSPS) is 8.20. The first kappa shape index (κ1) is 10.4. The fourth-order valence-corrected chi connectivity index (χ4v) is 0.882. The second kappa shape index (κ2) is 5.08. The van der Waals surface area contributed by atoms with Crippen LogP contribution in [0.1, 0.15) is 0 Å². The molecule has 50 valence electrons. The molecular weight excluding hydrogens is 155 g/mol. The van der Waals surface area contributed by atoms with Crippen LogP contribution in [0.5, 0.6) is 5.75 Å². The van der Waals surface area contributed by atoms with Crippen LogP contribution < -0.4 is 4.74 Å². The van der Waals surface area contributed by atoms with Gasteiger partial charge in [-0.05, 0) is 12.1 Å². The number of benzene rings is 1. The van der Waals surface area contributed by atoms with Crippen molar-refractivity contribution in [3.8, 4) is 5.75 Å². The van der Waals surface area contributed by atoms with Crippen LogP contribution in [0.25, 0.3) is 0 Å². The molecule has 0 atom stereocenters. The summed E-state index contributed by atoms with van der Waals surface area (Å²) in [6.07, 6.45) is 0. The predicted molar refractivity (Wildman–Crippen MR) is 47.4 cm³/mol. The van der Waals surface area contributed by atoms with Gasteiger partial charge in [-0.2, -0.15) is 0 Å². The van der Waals surface area contributed by atoms with E-state index >= 15 is 0 Å². The van der Waals surface area contributed by atoms with Crippen molar-refractivity contribution in [2.45, 2.75) is 4.90 Å². The molecule has 3 heteroatoms. The average Bonchev–Trinajstić information content (AvgIpc) is 1.89. The molecule has 0 heterocycles. The summed E-state index contributed by atoms with van der Waals surface area (Å²) in [4.78, 5) is 0.875. The fraction of sp³-hybridized carbons (Fsp3) is 0.143. The standard InChI is InChI=1S/C7H8OS.Na.H/c1-8-6-4-2-3-5-7(6)9;;/h2-5,9H,1H3;;. The van der Waals surface area contributed by atoms with E-state index < -0.39 is 0 Å². The Morgan fingerprint density at radius 1 is 1.30 bits per heavy atom. The van der Waals surface area contributed by atoms with Gasteiger partial charge >= 0.3 is 29.6 Å². The molecule has 10 heavy (non-hydrogen) atoms. The zero-order valence-corrected chi connectivity index (χ0v) is 6.06. The van der Waals surface area contributed by atoms with E-state index in [2.05, 4.69) is 12.6 Å². The first-order valence-corrected chi connectivity index (χ1v) is 3.11. The van der Waals surface area contributed by atoms with Crippen molar-refractivity contribution in [1.29, 1.82) is 0 Å². The van der Waals surface area contributed by atoms with Gasteiger partial charge in [0.15, 0.2) is 0 Å². The summed E-state index contributed by atoms with van der Waals surface area (Å²) >= 11 is 4.15. The van der Waals surface area contributed by atoms with E-state index in [1.54, 1.807) is 7.11 Å². The van der Waals surface area contributed by atoms with E-state index in [-0.39, 0.29) is 29.6 Å². The maximum atomic E-state index is 4.97. The van der Waals surface area contributed by atoms with Gasteiger partial charge in [-0.1, -0.05) is 12.1 Å². The molecule has 1 nitrogen and oxygen atoms in total. The molecule has 0 saturated carbocycles. The zero-order chi connectivity index (χ0) is 6.69. The third kappa shape index (κ3) is 2.54. The number of hydrogen-bond acceptors (Lipinski definition) is 2. The molecule has 0 N–H and O–H groups in total. The number of thiol groups is 1. The Morgan fingerprint density at radius 2 is 1.90 bits per heavy atom. The number of methoxy groups -OCH3 is 1. The van der Waals surface area contributed by atoms with Crippen molar-refractivity contribution in [1.82, 2.24) is 0 Å². The number of rotatable bonds is 1. The Labute approximate surface area is 88.5 Å². The van der Waals surface area contributed by atoms with Gasteiger partial charge < -0.3 is 4.74 Å². The van der Waals surface area contributed by atoms with Crippen LogP contribution in [0.4, 0.5) is 0 Å². The van der Waals surface area contributed by atoms with Gasteiger partial charge in [-0.15, -0.1) is 12.6 Å². The van der Waals surface area contributed by atoms with Crippen molar-refractivity contribution >= 4 is 42.2 Å². The average molecular weight is 164 g/mol. The monoisotopic (exact) mass is 164 g/mol. The van der Waals surface area contributed by atoms with Crippen LogP contribution in [0.2, 0.25) is 0 Å². The summed E-state index contributed by atoms with van der Waals surface area (Å²) in [5.74, 6) is 0.820. The summed E-state index contributed by atoms with van der Waals surface area (Å²) in [6.45, 7) is 0. The number of para-hydroxylation sites is 1. The van der Waals surface area contributed by atoms with Crippen LogP contribution in [-0.4, -0.2) is 36.7 Å². The Hall–Kier alpha value is 0.370. The Balaban J connectivity index is 0.000000810. The minimum atomic E-state index is 0. The topological polar surface area (TPSA) is 9.23 Å². The zero-order valence-electron chi connectivity index (χ0n) is 5.16. The molecule has 0 spiro atoms. The van der Waals surface area contributed by atoms with Crippen LogP contribution in [0.3, 0.4) is 0 Å². The molecule has 1 aromatic carbocycles. The SMILES string of the molecule is COc1ccccc1S.[NaH]. The molecule has 0 fully saturated rings. The second-order valence-electron chi connectivity index (χ2n) is 1.67. The van der Waals surface area contributed by atoms with Crippen molar-refractivity contribution in [3.05, 3.63) is 24.3 Å². The molecule has 0 radical (unpaired) electrons. The molecule has 0 aromatic heterocycles. The molecule has 0 aliphatic rings. The van der Waals surface area contributed by atoms with Crippen molar-refractivity contribution in [2.75, 3.05) is 7.11 Å². The molecule has 0 unspecified atom stereocenters. The van der Waals surface area contributed by atoms with Crippen LogP contribution in [-0.2, 0) is 0 Å². The van der Waals surface area contributed by atoms with Gasteiger partial charge in [0.1, 0.15) is 5.75 Å². The van der Waals surface area contributed by atoms with E-state index in [0.717, 1.165) is 10.6 Å². The van der Waals surface area contributed by atoms with Crippen LogP contribution >= 0.6 is 12.6 Å². The van der Waals surface area contributed by atoms with Crippen molar-refractivity contribution in [2.24, 2.45) is 0 Å². The summed E-state index contributed by atoms with van der Waals surface area (Å²) in [6, 6.07) is 7.60. The summed E-state index contributed by atoms with van der Waals surface area (Å²) in [5, 5.41) is 0. The van der Waals surface area contributed by atoms with E-state index in [4.69, 9.17) is 4.74 Å². The maximum absolute atomic E-state index is 4.97. The Bertz CT molecular complexity index is 203. The van der Waals surface area contributed by atoms with Gasteiger partial charge in [0.2, 0.25) is 0 Å². The first-order valence-electron chi connectivity index (χ1n) is 2.66. The van der Waals surface area contributed by atoms with E-state index in [9.17, 15) is 0 Å². The summed E-state index contributed by atoms with van der Waals surface area (Å²) in [7, 11) is 1.63. The molecule has 0 saturated heterocycles. The minimum absolute atomic E-state index is 0. The van der Waals surface area contributed by atoms with E-state index in [1.807, 2.05) is 24.3 Å². The predicted octanol–water partition coefficient (Wildman–Crippen LogP) is 1.34. The molecule has 1 rings (SSSR count). The van der Waals surface area contributed by atoms with Gasteiger partial charge in [-0.3, -0.25) is 0 Å². The van der Waals surface area contributed by atoms with E-state index in [0.29, 0.717) is 0 Å². The number of hydrogen-bond donors (Lipinski definition) is 1. The van der Waals surface area contributed by atoms with E-state index in [1.165, 1.54) is 0 Å². The van der Waals surface area contributed by atoms with Gasteiger partial charge in [0, 0.05) is 4.90 Å². The first-order chi connectivity index (χ1) is 4.34. The van der Waals surface area contributed by atoms with Crippen molar-refractivity contribution < 1.29 is 4.74 Å². The molecule has 0 aliphatic carbocycles. The molecule has 0 aliphatic heterocycles. The Morgan fingerprint density at radius 3 is 2.30 bits per heavy atom. The summed E-state index contributed by atoms with van der Waals surface area (Å²) in [5.41, 5.74) is 0.